The zero-order chi connectivity index (χ0) is 28.9. The molecule has 0 aliphatic carbocycles. The molecule has 0 radical (unpaired) electrons. The van der Waals surface area contributed by atoms with Crippen molar-refractivity contribution in [3.63, 3.8) is 0 Å². The predicted molar refractivity (Wildman–Crippen MR) is 150 cm³/mol. The van der Waals surface area contributed by atoms with Gasteiger partial charge in [-0.2, -0.15) is 0 Å². The van der Waals surface area contributed by atoms with Gasteiger partial charge in [-0.05, 0) is 66.3 Å². The maximum atomic E-state index is 13.3. The van der Waals surface area contributed by atoms with E-state index < -0.39 is 23.7 Å². The van der Waals surface area contributed by atoms with Crippen LogP contribution in [-0.4, -0.2) is 39.5 Å². The molecular weight excluding hydrogens is 496 g/mol. The van der Waals surface area contributed by atoms with Crippen molar-refractivity contribution in [3.8, 4) is 5.75 Å². The van der Waals surface area contributed by atoms with Crippen LogP contribution in [0.1, 0.15) is 62.9 Å². The lowest BCUT2D eigenvalue weighted by Crippen LogP contribution is -2.30. The summed E-state index contributed by atoms with van der Waals surface area (Å²) >= 11 is 0. The number of carbonyl (C=O) groups excluding carboxylic acids is 2. The number of nitrogens with zero attached hydrogens (tertiary/aromatic N) is 2. The van der Waals surface area contributed by atoms with Crippen LogP contribution >= 0.6 is 0 Å². The molecule has 1 atom stereocenters. The molecule has 4 rings (SSSR count). The van der Waals surface area contributed by atoms with E-state index in [1.54, 1.807) is 42.6 Å². The van der Waals surface area contributed by atoms with Crippen LogP contribution in [0.3, 0.4) is 0 Å². The molecule has 2 N–H and O–H groups in total. The number of hydrogen-bond donors (Lipinski definition) is 2. The first-order valence-corrected chi connectivity index (χ1v) is 12.6. The van der Waals surface area contributed by atoms with Gasteiger partial charge in [0, 0.05) is 18.7 Å². The number of carboxylic acid groups (broad SMARTS) is 1. The van der Waals surface area contributed by atoms with Crippen molar-refractivity contribution in [2.75, 3.05) is 11.5 Å². The van der Waals surface area contributed by atoms with Crippen LogP contribution in [-0.2, 0) is 19.8 Å². The van der Waals surface area contributed by atoms with E-state index in [1.807, 2.05) is 38.1 Å². The minimum absolute atomic E-state index is 0.0384. The Morgan fingerprint density at radius 3 is 2.18 bits per heavy atom. The molecule has 8 nitrogen and oxygen atoms in total. The largest absolute Gasteiger partial charge is 0.507 e. The van der Waals surface area contributed by atoms with Crippen LogP contribution in [0.25, 0.3) is 5.76 Å². The summed E-state index contributed by atoms with van der Waals surface area (Å²) in [4.78, 5) is 41.3. The normalized spacial score (nSPS) is 16.5. The van der Waals surface area contributed by atoms with Crippen molar-refractivity contribution in [2.24, 2.45) is 0 Å². The average molecular weight is 531 g/mol. The van der Waals surface area contributed by atoms with Crippen molar-refractivity contribution in [1.29, 1.82) is 0 Å². The van der Waals surface area contributed by atoms with Crippen LogP contribution in [0.15, 0.2) is 72.4 Å². The van der Waals surface area contributed by atoms with Crippen LogP contribution in [0.4, 0.5) is 5.82 Å². The number of anilines is 1. The summed E-state index contributed by atoms with van der Waals surface area (Å²) in [6.07, 6.45) is 1.57. The Kier molecular flexibility index (Phi) is 8.91. The van der Waals surface area contributed by atoms with Crippen molar-refractivity contribution >= 4 is 29.2 Å². The molecule has 1 unspecified atom stereocenters. The zero-order valence-electron chi connectivity index (χ0n) is 23.1. The number of ketones is 1. The second kappa shape index (κ2) is 11.9. The first kappa shape index (κ1) is 29.1. The van der Waals surface area contributed by atoms with Gasteiger partial charge in [-0.1, -0.05) is 51.1 Å². The molecular formula is C31H34N2O6. The molecule has 2 heterocycles. The summed E-state index contributed by atoms with van der Waals surface area (Å²) in [5.74, 6) is -1.50. The van der Waals surface area contributed by atoms with Gasteiger partial charge in [-0.15, -0.1) is 0 Å². The number of aryl methyl sites for hydroxylation is 1. The summed E-state index contributed by atoms with van der Waals surface area (Å²) in [6.45, 7) is 11.7. The Morgan fingerprint density at radius 2 is 1.67 bits per heavy atom. The van der Waals surface area contributed by atoms with E-state index >= 15 is 0 Å². The number of hydrogen-bond acceptors (Lipinski definition) is 6. The molecule has 1 aliphatic rings. The lowest BCUT2D eigenvalue weighted by molar-refractivity contribution is -0.134. The van der Waals surface area contributed by atoms with Crippen LogP contribution in [0, 0.1) is 6.92 Å². The third-order valence-electron chi connectivity index (χ3n) is 6.20. The van der Waals surface area contributed by atoms with Crippen molar-refractivity contribution in [2.45, 2.75) is 53.0 Å². The molecule has 1 saturated heterocycles. The Labute approximate surface area is 228 Å². The van der Waals surface area contributed by atoms with Crippen LogP contribution < -0.4 is 9.64 Å². The third kappa shape index (κ3) is 6.52. The molecule has 39 heavy (non-hydrogen) atoms. The summed E-state index contributed by atoms with van der Waals surface area (Å²) in [5, 5.41) is 18.8. The SMILES string of the molecule is CC(=O)O.CCOc1ccc(/C(O)=C2\C(=O)C(=O)N(c3ccccn3)C2c2ccc(C(C)(C)C)cc2)c(C)c1. The summed E-state index contributed by atoms with van der Waals surface area (Å²) < 4.78 is 5.55. The number of ether oxygens (including phenoxy) is 1. The van der Waals surface area contributed by atoms with Gasteiger partial charge in [0.05, 0.1) is 18.2 Å². The number of carbonyl (C=O) groups is 3. The minimum atomic E-state index is -0.833. The first-order valence-electron chi connectivity index (χ1n) is 12.6. The van der Waals surface area contributed by atoms with Gasteiger partial charge < -0.3 is 14.9 Å². The number of benzene rings is 2. The molecule has 0 spiro atoms. The topological polar surface area (TPSA) is 117 Å². The Hall–Kier alpha value is -4.46. The van der Waals surface area contributed by atoms with E-state index in [4.69, 9.17) is 14.6 Å². The zero-order valence-corrected chi connectivity index (χ0v) is 23.1. The van der Waals surface area contributed by atoms with E-state index in [2.05, 4.69) is 25.8 Å². The van der Waals surface area contributed by atoms with Gasteiger partial charge in [0.2, 0.25) is 0 Å². The number of aliphatic hydroxyl groups excluding tert-OH is 1. The van der Waals surface area contributed by atoms with Gasteiger partial charge in [-0.25, -0.2) is 4.98 Å². The lowest BCUT2D eigenvalue weighted by atomic mass is 9.85. The average Bonchev–Trinajstić information content (AvgIpc) is 3.14. The third-order valence-corrected chi connectivity index (χ3v) is 6.20. The van der Waals surface area contributed by atoms with E-state index in [0.717, 1.165) is 18.1 Å². The Morgan fingerprint density at radius 1 is 1.03 bits per heavy atom. The predicted octanol–water partition coefficient (Wildman–Crippen LogP) is 5.80. The van der Waals surface area contributed by atoms with Gasteiger partial charge >= 0.3 is 5.91 Å². The molecule has 1 aromatic heterocycles. The fourth-order valence-corrected chi connectivity index (χ4v) is 4.35. The number of rotatable bonds is 5. The minimum Gasteiger partial charge on any atom is -0.507 e. The molecule has 0 saturated carbocycles. The number of aromatic nitrogens is 1. The lowest BCUT2D eigenvalue weighted by Gasteiger charge is -2.26. The smallest absolute Gasteiger partial charge is 0.301 e. The number of amides is 1. The summed E-state index contributed by atoms with van der Waals surface area (Å²) in [6, 6.07) is 17.4. The second-order valence-corrected chi connectivity index (χ2v) is 10.2. The van der Waals surface area contributed by atoms with E-state index in [9.17, 15) is 14.7 Å². The summed E-state index contributed by atoms with van der Waals surface area (Å²) in [7, 11) is 0. The molecule has 204 valence electrons. The molecule has 8 heteroatoms. The maximum Gasteiger partial charge on any atom is 0.301 e. The maximum absolute atomic E-state index is 13.3. The van der Waals surface area contributed by atoms with E-state index in [0.29, 0.717) is 29.3 Å². The molecule has 1 fully saturated rings. The number of Topliss-reactive ketones (excluding diaryl/α,β-unsaturated/α-hetero) is 1. The number of carboxylic acids is 1. The van der Waals surface area contributed by atoms with E-state index in [1.165, 1.54) is 4.90 Å². The van der Waals surface area contributed by atoms with Crippen molar-refractivity contribution in [3.05, 3.63) is 94.7 Å². The molecule has 3 aromatic rings. The van der Waals surface area contributed by atoms with E-state index in [-0.39, 0.29) is 16.7 Å². The van der Waals surface area contributed by atoms with Gasteiger partial charge in [-0.3, -0.25) is 19.3 Å². The number of aliphatic hydroxyl groups is 1. The Balaban J connectivity index is 0.000000983. The summed E-state index contributed by atoms with van der Waals surface area (Å²) in [5.41, 5.74) is 3.03. The monoisotopic (exact) mass is 530 g/mol. The highest BCUT2D eigenvalue weighted by Gasteiger charge is 2.47. The fraction of sp³-hybridized carbons (Fsp3) is 0.290. The Bertz CT molecular complexity index is 1380. The highest BCUT2D eigenvalue weighted by atomic mass is 16.5. The van der Waals surface area contributed by atoms with Gasteiger partial charge in [0.1, 0.15) is 17.3 Å². The molecule has 1 aliphatic heterocycles. The first-order chi connectivity index (χ1) is 18.4. The quantitative estimate of drug-likeness (QED) is 0.243. The van der Waals surface area contributed by atoms with Gasteiger partial charge in [0.25, 0.3) is 11.8 Å². The van der Waals surface area contributed by atoms with Gasteiger partial charge in [0.15, 0.2) is 0 Å². The highest BCUT2D eigenvalue weighted by Crippen LogP contribution is 2.42. The fourth-order valence-electron chi connectivity index (χ4n) is 4.35. The number of aliphatic carboxylic acids is 1. The standard InChI is InChI=1S/C29H30N2O4.C2H4O2/c1-6-35-21-14-15-22(18(2)17-21)26(32)24-25(19-10-12-20(13-11-19)29(3,4)5)31(28(34)27(24)33)23-9-7-8-16-30-23;1-2(3)4/h7-17,25,32H,6H2,1-5H3;1H3,(H,3,4)/b26-24+;. The van der Waals surface area contributed by atoms with Crippen LogP contribution in [0.2, 0.25) is 0 Å². The molecule has 1 amide bonds. The van der Waals surface area contributed by atoms with Crippen molar-refractivity contribution in [1.82, 2.24) is 4.98 Å². The van der Waals surface area contributed by atoms with Crippen LogP contribution in [0.5, 0.6) is 5.75 Å². The highest BCUT2D eigenvalue weighted by molar-refractivity contribution is 6.51. The number of pyridine rings is 1. The second-order valence-electron chi connectivity index (χ2n) is 10.2. The van der Waals surface area contributed by atoms with Crippen molar-refractivity contribution < 1.29 is 29.3 Å². The molecule has 0 bridgehead atoms. The molecule has 2 aromatic carbocycles.